The zero-order valence-electron chi connectivity index (χ0n) is 18.8. The molecule has 2 amide bonds. The second kappa shape index (κ2) is 9.89. The van der Waals surface area contributed by atoms with Gasteiger partial charge in [-0.15, -0.1) is 0 Å². The van der Waals surface area contributed by atoms with Crippen LogP contribution in [0.5, 0.6) is 0 Å². The fourth-order valence-corrected chi connectivity index (χ4v) is 3.81. The molecule has 0 fully saturated rings. The smallest absolute Gasteiger partial charge is 0.278 e. The van der Waals surface area contributed by atoms with Crippen molar-refractivity contribution in [2.75, 3.05) is 10.6 Å². The molecule has 0 aliphatic carbocycles. The van der Waals surface area contributed by atoms with Gasteiger partial charge in [0.2, 0.25) is 11.8 Å². The number of amides is 2. The van der Waals surface area contributed by atoms with E-state index in [4.69, 9.17) is 11.6 Å². The molecule has 0 aliphatic heterocycles. The first-order chi connectivity index (χ1) is 16.4. The van der Waals surface area contributed by atoms with E-state index >= 15 is 0 Å². The van der Waals surface area contributed by atoms with E-state index in [1.54, 1.807) is 67.6 Å². The average molecular weight is 475 g/mol. The van der Waals surface area contributed by atoms with Crippen molar-refractivity contribution in [3.05, 3.63) is 87.7 Å². The van der Waals surface area contributed by atoms with Gasteiger partial charge in [-0.1, -0.05) is 54.9 Å². The maximum absolute atomic E-state index is 13.6. The number of nitrogens with one attached hydrogen (secondary N) is 2. The molecule has 0 saturated carbocycles. The number of nitrogens with zero attached hydrogens (tertiary/aromatic N) is 2. The molecule has 8 heteroatoms. The Hall–Kier alpha value is -3.97. The van der Waals surface area contributed by atoms with Gasteiger partial charge < -0.3 is 10.6 Å². The van der Waals surface area contributed by atoms with Gasteiger partial charge in [0.1, 0.15) is 12.2 Å². The van der Waals surface area contributed by atoms with Crippen LogP contribution >= 0.6 is 11.6 Å². The highest BCUT2D eigenvalue weighted by atomic mass is 35.5. The Balaban J connectivity index is 1.79. The van der Waals surface area contributed by atoms with E-state index in [1.165, 1.54) is 4.57 Å². The van der Waals surface area contributed by atoms with Crippen molar-refractivity contribution >= 4 is 45.8 Å². The van der Waals surface area contributed by atoms with Crippen molar-refractivity contribution in [2.45, 2.75) is 26.8 Å². The lowest BCUT2D eigenvalue weighted by Crippen LogP contribution is -2.30. The van der Waals surface area contributed by atoms with Gasteiger partial charge in [0.25, 0.3) is 5.56 Å². The standard InChI is InChI=1S/C26H23ClN4O3/c1-3-23(32)29-20-11-5-4-9-17(20)25-26(34)31(22-14-7-6-12-21(22)30-25)15-24(33)28-19-13-8-10-18(27)16(19)2/h4-14H,3,15H2,1-2H3,(H,28,33)(H,29,32). The minimum absolute atomic E-state index is 0.150. The van der Waals surface area contributed by atoms with Crippen molar-refractivity contribution in [1.82, 2.24) is 9.55 Å². The summed E-state index contributed by atoms with van der Waals surface area (Å²) in [5.41, 5.74) is 3.10. The Morgan fingerprint density at radius 3 is 2.38 bits per heavy atom. The number of para-hydroxylation sites is 3. The summed E-state index contributed by atoms with van der Waals surface area (Å²) in [5.74, 6) is -0.549. The number of anilines is 2. The fraction of sp³-hybridized carbons (Fsp3) is 0.154. The molecular formula is C26H23ClN4O3. The Bertz CT molecular complexity index is 1460. The normalized spacial score (nSPS) is 10.8. The second-order valence-corrected chi connectivity index (χ2v) is 8.16. The molecule has 0 unspecified atom stereocenters. The third-order valence-corrected chi connectivity index (χ3v) is 5.88. The summed E-state index contributed by atoms with van der Waals surface area (Å²) in [6, 6.07) is 19.4. The van der Waals surface area contributed by atoms with Crippen LogP contribution < -0.4 is 16.2 Å². The van der Waals surface area contributed by atoms with Gasteiger partial charge in [-0.25, -0.2) is 4.98 Å². The number of hydrogen-bond donors (Lipinski definition) is 2. The Morgan fingerprint density at radius 2 is 1.59 bits per heavy atom. The van der Waals surface area contributed by atoms with E-state index in [-0.39, 0.29) is 24.1 Å². The first kappa shape index (κ1) is 23.2. The van der Waals surface area contributed by atoms with Crippen LogP contribution in [0.2, 0.25) is 5.02 Å². The van der Waals surface area contributed by atoms with Crippen LogP contribution in [0.15, 0.2) is 71.5 Å². The van der Waals surface area contributed by atoms with Gasteiger partial charge in [-0.3, -0.25) is 19.0 Å². The first-order valence-electron chi connectivity index (χ1n) is 10.8. The number of fused-ring (bicyclic) bond motifs is 1. The maximum atomic E-state index is 13.6. The average Bonchev–Trinajstić information content (AvgIpc) is 2.84. The van der Waals surface area contributed by atoms with Crippen LogP contribution in [0.3, 0.4) is 0 Å². The first-order valence-corrected chi connectivity index (χ1v) is 11.2. The lowest BCUT2D eigenvalue weighted by molar-refractivity contribution is -0.117. The molecule has 0 aliphatic rings. The molecular weight excluding hydrogens is 452 g/mol. The summed E-state index contributed by atoms with van der Waals surface area (Å²) in [5, 5.41) is 6.19. The molecule has 1 aromatic heterocycles. The van der Waals surface area contributed by atoms with Gasteiger partial charge in [-0.2, -0.15) is 0 Å². The third-order valence-electron chi connectivity index (χ3n) is 5.47. The molecule has 0 saturated heterocycles. The van der Waals surface area contributed by atoms with Gasteiger partial charge in [0, 0.05) is 22.7 Å². The van der Waals surface area contributed by atoms with E-state index in [1.807, 2.05) is 13.0 Å². The van der Waals surface area contributed by atoms with Crippen LogP contribution in [0, 0.1) is 6.92 Å². The zero-order valence-corrected chi connectivity index (χ0v) is 19.5. The number of carbonyl (C=O) groups is 2. The van der Waals surface area contributed by atoms with Gasteiger partial charge >= 0.3 is 0 Å². The Kier molecular flexibility index (Phi) is 6.75. The summed E-state index contributed by atoms with van der Waals surface area (Å²) in [4.78, 5) is 43.1. The maximum Gasteiger partial charge on any atom is 0.278 e. The van der Waals surface area contributed by atoms with Crippen molar-refractivity contribution in [3.63, 3.8) is 0 Å². The van der Waals surface area contributed by atoms with Gasteiger partial charge in [0.05, 0.1) is 16.7 Å². The summed E-state index contributed by atoms with van der Waals surface area (Å²) in [7, 11) is 0. The molecule has 0 spiro atoms. The highest BCUT2D eigenvalue weighted by molar-refractivity contribution is 6.31. The summed E-state index contributed by atoms with van der Waals surface area (Å²) in [6.07, 6.45) is 0.298. The van der Waals surface area contributed by atoms with Crippen LogP contribution in [0.1, 0.15) is 18.9 Å². The number of rotatable bonds is 6. The van der Waals surface area contributed by atoms with E-state index in [2.05, 4.69) is 15.6 Å². The molecule has 172 valence electrons. The van der Waals surface area contributed by atoms with E-state index in [0.717, 1.165) is 5.56 Å². The monoisotopic (exact) mass is 474 g/mol. The molecule has 7 nitrogen and oxygen atoms in total. The minimum atomic E-state index is -0.435. The number of halogens is 1. The minimum Gasteiger partial charge on any atom is -0.325 e. The quantitative estimate of drug-likeness (QED) is 0.410. The molecule has 0 bridgehead atoms. The molecule has 34 heavy (non-hydrogen) atoms. The Labute approximate surface area is 201 Å². The topological polar surface area (TPSA) is 93.1 Å². The summed E-state index contributed by atoms with van der Waals surface area (Å²) < 4.78 is 1.39. The van der Waals surface area contributed by atoms with Crippen LogP contribution in [0.4, 0.5) is 11.4 Å². The van der Waals surface area contributed by atoms with Crippen molar-refractivity contribution in [2.24, 2.45) is 0 Å². The number of carbonyl (C=O) groups excluding carboxylic acids is 2. The molecule has 1 heterocycles. The van der Waals surface area contributed by atoms with Crippen molar-refractivity contribution in [3.8, 4) is 11.3 Å². The highest BCUT2D eigenvalue weighted by Crippen LogP contribution is 2.26. The summed E-state index contributed by atoms with van der Waals surface area (Å²) in [6.45, 7) is 3.34. The van der Waals surface area contributed by atoms with Crippen LogP contribution in [-0.2, 0) is 16.1 Å². The number of aromatic nitrogens is 2. The van der Waals surface area contributed by atoms with E-state index in [0.29, 0.717) is 39.4 Å². The fourth-order valence-electron chi connectivity index (χ4n) is 3.64. The van der Waals surface area contributed by atoms with Crippen molar-refractivity contribution < 1.29 is 9.59 Å². The Morgan fingerprint density at radius 1 is 0.912 bits per heavy atom. The largest absolute Gasteiger partial charge is 0.325 e. The molecule has 2 N–H and O–H groups in total. The molecule has 0 atom stereocenters. The number of hydrogen-bond acceptors (Lipinski definition) is 4. The molecule has 3 aromatic carbocycles. The molecule has 0 radical (unpaired) electrons. The van der Waals surface area contributed by atoms with E-state index < -0.39 is 5.56 Å². The lowest BCUT2D eigenvalue weighted by Gasteiger charge is -2.15. The highest BCUT2D eigenvalue weighted by Gasteiger charge is 2.18. The molecule has 4 aromatic rings. The second-order valence-electron chi connectivity index (χ2n) is 7.75. The van der Waals surface area contributed by atoms with Gasteiger partial charge in [-0.05, 0) is 42.8 Å². The lowest BCUT2D eigenvalue weighted by atomic mass is 10.1. The summed E-state index contributed by atoms with van der Waals surface area (Å²) >= 11 is 6.17. The SMILES string of the molecule is CCC(=O)Nc1ccccc1-c1nc2ccccc2n(CC(=O)Nc2cccc(Cl)c2C)c1=O. The predicted octanol–water partition coefficient (Wildman–Crippen LogP) is 5.01. The predicted molar refractivity (Wildman–Crippen MR) is 135 cm³/mol. The number of benzene rings is 3. The van der Waals surface area contributed by atoms with Crippen LogP contribution in [0.25, 0.3) is 22.3 Å². The van der Waals surface area contributed by atoms with E-state index in [9.17, 15) is 14.4 Å². The van der Waals surface area contributed by atoms with Gasteiger partial charge in [0.15, 0.2) is 0 Å². The third kappa shape index (κ3) is 4.70. The zero-order chi connectivity index (χ0) is 24.2. The van der Waals surface area contributed by atoms with Crippen molar-refractivity contribution in [1.29, 1.82) is 0 Å². The molecule has 4 rings (SSSR count). The van der Waals surface area contributed by atoms with Crippen LogP contribution in [-0.4, -0.2) is 21.4 Å².